The van der Waals surface area contributed by atoms with Crippen LogP contribution >= 0.6 is 0 Å². The Morgan fingerprint density at radius 2 is 1.96 bits per heavy atom. The van der Waals surface area contributed by atoms with Gasteiger partial charge in [0.1, 0.15) is 11.3 Å². The summed E-state index contributed by atoms with van der Waals surface area (Å²) in [7, 11) is 1.58. The molecule has 1 saturated heterocycles. The van der Waals surface area contributed by atoms with E-state index in [1.54, 1.807) is 38.0 Å². The number of esters is 1. The highest BCUT2D eigenvalue weighted by Gasteiger charge is 2.29. The lowest BCUT2D eigenvalue weighted by Gasteiger charge is -2.31. The minimum atomic E-state index is -0.835. The molecule has 1 aromatic heterocycles. The number of fused-ring (bicyclic) bond motifs is 1. The summed E-state index contributed by atoms with van der Waals surface area (Å²) >= 11 is 0. The second-order valence-corrected chi connectivity index (χ2v) is 6.97. The van der Waals surface area contributed by atoms with Crippen molar-refractivity contribution in [2.45, 2.75) is 39.7 Å². The molecule has 3 rings (SSSR count). The molecular weight excluding hydrogens is 334 g/mol. The zero-order valence-corrected chi connectivity index (χ0v) is 15.7. The maximum Gasteiger partial charge on any atom is 0.375 e. The zero-order chi connectivity index (χ0) is 18.8. The summed E-state index contributed by atoms with van der Waals surface area (Å²) in [6.45, 7) is 7.01. The number of aryl methyl sites for hydroxylation is 1. The summed E-state index contributed by atoms with van der Waals surface area (Å²) < 4.78 is 16.2. The van der Waals surface area contributed by atoms with Gasteiger partial charge in [0, 0.05) is 24.0 Å². The molecule has 0 unspecified atom stereocenters. The first-order chi connectivity index (χ1) is 12.4. The van der Waals surface area contributed by atoms with Crippen LogP contribution in [-0.4, -0.2) is 43.1 Å². The molecule has 0 N–H and O–H groups in total. The van der Waals surface area contributed by atoms with Gasteiger partial charge in [0.2, 0.25) is 5.76 Å². The van der Waals surface area contributed by atoms with E-state index in [1.165, 1.54) is 0 Å². The Hall–Kier alpha value is -2.50. The van der Waals surface area contributed by atoms with Gasteiger partial charge in [0.25, 0.3) is 5.91 Å². The van der Waals surface area contributed by atoms with Crippen molar-refractivity contribution in [3.05, 3.63) is 29.5 Å². The van der Waals surface area contributed by atoms with Crippen molar-refractivity contribution in [3.63, 3.8) is 0 Å². The van der Waals surface area contributed by atoms with E-state index in [4.69, 9.17) is 13.9 Å². The van der Waals surface area contributed by atoms with Gasteiger partial charge in [0.15, 0.2) is 6.10 Å². The van der Waals surface area contributed by atoms with Crippen molar-refractivity contribution in [1.29, 1.82) is 0 Å². The number of piperidine rings is 1. The summed E-state index contributed by atoms with van der Waals surface area (Å²) in [5, 5.41) is 0.792. The molecule has 1 fully saturated rings. The number of methoxy groups -OCH3 is 1. The number of likely N-dealkylation sites (tertiary alicyclic amines) is 1. The highest BCUT2D eigenvalue weighted by atomic mass is 16.6. The van der Waals surface area contributed by atoms with Gasteiger partial charge in [-0.3, -0.25) is 4.79 Å². The van der Waals surface area contributed by atoms with Crippen LogP contribution in [0.5, 0.6) is 5.75 Å². The van der Waals surface area contributed by atoms with Crippen molar-refractivity contribution in [2.75, 3.05) is 20.2 Å². The molecule has 140 valence electrons. The average Bonchev–Trinajstić information content (AvgIpc) is 2.98. The number of rotatable bonds is 4. The van der Waals surface area contributed by atoms with E-state index in [0.717, 1.165) is 18.2 Å². The minimum Gasteiger partial charge on any atom is -0.497 e. The maximum absolute atomic E-state index is 12.5. The van der Waals surface area contributed by atoms with Crippen molar-refractivity contribution in [3.8, 4) is 5.75 Å². The summed E-state index contributed by atoms with van der Waals surface area (Å²) in [5.41, 5.74) is 1.26. The topological polar surface area (TPSA) is 69.0 Å². The number of hydrogen-bond donors (Lipinski definition) is 0. The molecule has 1 aromatic carbocycles. The van der Waals surface area contributed by atoms with Gasteiger partial charge in [-0.05, 0) is 50.8 Å². The van der Waals surface area contributed by atoms with Crippen LogP contribution < -0.4 is 4.74 Å². The Morgan fingerprint density at radius 3 is 2.62 bits per heavy atom. The van der Waals surface area contributed by atoms with Gasteiger partial charge < -0.3 is 18.8 Å². The van der Waals surface area contributed by atoms with Crippen LogP contribution in [0.3, 0.4) is 0 Å². The lowest BCUT2D eigenvalue weighted by atomic mass is 9.99. The van der Waals surface area contributed by atoms with E-state index >= 15 is 0 Å². The predicted octanol–water partition coefficient (Wildman–Crippen LogP) is 3.55. The quantitative estimate of drug-likeness (QED) is 0.781. The van der Waals surface area contributed by atoms with E-state index in [9.17, 15) is 9.59 Å². The summed E-state index contributed by atoms with van der Waals surface area (Å²) in [5.74, 6) is 0.668. The van der Waals surface area contributed by atoms with Crippen molar-refractivity contribution in [2.24, 2.45) is 5.92 Å². The molecule has 6 nitrogen and oxygen atoms in total. The van der Waals surface area contributed by atoms with Crippen LogP contribution in [0.4, 0.5) is 0 Å². The predicted molar refractivity (Wildman–Crippen MR) is 97.4 cm³/mol. The third kappa shape index (κ3) is 3.54. The van der Waals surface area contributed by atoms with Gasteiger partial charge >= 0.3 is 5.97 Å². The second kappa shape index (κ2) is 7.40. The average molecular weight is 359 g/mol. The van der Waals surface area contributed by atoms with Crippen LogP contribution in [0, 0.1) is 12.8 Å². The molecular formula is C20H25NO5. The minimum absolute atomic E-state index is 0.125. The molecule has 6 heteroatoms. The van der Waals surface area contributed by atoms with Crippen molar-refractivity contribution in [1.82, 2.24) is 4.90 Å². The number of carbonyl (C=O) groups excluding carboxylic acids is 2. The van der Waals surface area contributed by atoms with Crippen molar-refractivity contribution >= 4 is 22.8 Å². The summed E-state index contributed by atoms with van der Waals surface area (Å²) in [6.07, 6.45) is 1.13. The monoisotopic (exact) mass is 359 g/mol. The number of ether oxygens (including phenoxy) is 2. The molecule has 2 heterocycles. The molecule has 0 aliphatic carbocycles. The molecule has 0 spiro atoms. The molecule has 2 aromatic rings. The molecule has 26 heavy (non-hydrogen) atoms. The standard InChI is InChI=1S/C20H25NO5/c1-12-7-9-21(10-8-12)19(22)14(3)25-20(23)18-13(2)16-11-15(24-4)5-6-17(16)26-18/h5-6,11-12,14H,7-10H2,1-4H3/t14-/m1/s1. The van der Waals surface area contributed by atoms with E-state index in [0.29, 0.717) is 35.9 Å². The van der Waals surface area contributed by atoms with Crippen LogP contribution in [0.2, 0.25) is 0 Å². The molecule has 1 amide bonds. The van der Waals surface area contributed by atoms with Crippen LogP contribution in [0.15, 0.2) is 22.6 Å². The van der Waals surface area contributed by atoms with Crippen LogP contribution in [0.25, 0.3) is 11.0 Å². The third-order valence-electron chi connectivity index (χ3n) is 5.06. The van der Waals surface area contributed by atoms with Gasteiger partial charge in [-0.25, -0.2) is 4.79 Å². The van der Waals surface area contributed by atoms with Crippen LogP contribution in [0.1, 0.15) is 42.8 Å². The molecule has 0 radical (unpaired) electrons. The fraction of sp³-hybridized carbons (Fsp3) is 0.500. The number of furan rings is 1. The largest absolute Gasteiger partial charge is 0.497 e. The Labute approximate surface area is 153 Å². The number of benzene rings is 1. The lowest BCUT2D eigenvalue weighted by molar-refractivity contribution is -0.141. The summed E-state index contributed by atoms with van der Waals surface area (Å²) in [4.78, 5) is 26.8. The lowest BCUT2D eigenvalue weighted by Crippen LogP contribution is -2.44. The van der Waals surface area contributed by atoms with E-state index < -0.39 is 12.1 Å². The highest BCUT2D eigenvalue weighted by molar-refractivity contribution is 5.97. The van der Waals surface area contributed by atoms with Gasteiger partial charge in [-0.15, -0.1) is 0 Å². The van der Waals surface area contributed by atoms with E-state index in [2.05, 4.69) is 6.92 Å². The molecule has 0 bridgehead atoms. The van der Waals surface area contributed by atoms with E-state index in [-0.39, 0.29) is 11.7 Å². The zero-order valence-electron chi connectivity index (χ0n) is 15.7. The Morgan fingerprint density at radius 1 is 1.27 bits per heavy atom. The fourth-order valence-electron chi connectivity index (χ4n) is 3.27. The van der Waals surface area contributed by atoms with E-state index in [1.807, 2.05) is 6.07 Å². The molecule has 1 atom stereocenters. The SMILES string of the molecule is COc1ccc2oc(C(=O)O[C@H](C)C(=O)N3CCC(C)CC3)c(C)c2c1. The molecule has 0 saturated carbocycles. The number of nitrogens with zero attached hydrogens (tertiary/aromatic N) is 1. The van der Waals surface area contributed by atoms with Crippen LogP contribution in [-0.2, 0) is 9.53 Å². The first-order valence-electron chi connectivity index (χ1n) is 8.97. The van der Waals surface area contributed by atoms with Gasteiger partial charge in [-0.1, -0.05) is 6.92 Å². The second-order valence-electron chi connectivity index (χ2n) is 6.97. The smallest absolute Gasteiger partial charge is 0.375 e. The summed E-state index contributed by atoms with van der Waals surface area (Å²) in [6, 6.07) is 5.33. The Bertz CT molecular complexity index is 817. The third-order valence-corrected chi connectivity index (χ3v) is 5.06. The van der Waals surface area contributed by atoms with Gasteiger partial charge in [0.05, 0.1) is 7.11 Å². The number of carbonyl (C=O) groups is 2. The Balaban J connectivity index is 1.72. The first kappa shape index (κ1) is 18.3. The fourth-order valence-corrected chi connectivity index (χ4v) is 3.27. The van der Waals surface area contributed by atoms with Crippen molar-refractivity contribution < 1.29 is 23.5 Å². The molecule has 1 aliphatic rings. The van der Waals surface area contributed by atoms with Gasteiger partial charge in [-0.2, -0.15) is 0 Å². The molecule has 1 aliphatic heterocycles. The number of amides is 1. The number of hydrogen-bond acceptors (Lipinski definition) is 5. The Kier molecular flexibility index (Phi) is 5.20. The normalized spacial score (nSPS) is 16.5. The highest BCUT2D eigenvalue weighted by Crippen LogP contribution is 2.29. The maximum atomic E-state index is 12.5. The first-order valence-corrected chi connectivity index (χ1v) is 8.97.